The van der Waals surface area contributed by atoms with Crippen molar-refractivity contribution in [3.05, 3.63) is 48.5 Å². The van der Waals surface area contributed by atoms with Crippen LogP contribution in [-0.4, -0.2) is 51.7 Å². The fraction of sp³-hybridized carbons (Fsp3) is 0.375. The minimum absolute atomic E-state index is 0.600. The van der Waals surface area contributed by atoms with E-state index in [2.05, 4.69) is 22.0 Å². The summed E-state index contributed by atoms with van der Waals surface area (Å²) in [5.74, 6) is -0.841. The lowest BCUT2D eigenvalue weighted by molar-refractivity contribution is -0.143. The van der Waals surface area contributed by atoms with Gasteiger partial charge in [0.15, 0.2) is 6.04 Å². The van der Waals surface area contributed by atoms with Crippen molar-refractivity contribution in [1.82, 2.24) is 14.5 Å². The first-order chi connectivity index (χ1) is 10.6. The molecule has 0 spiro atoms. The van der Waals surface area contributed by atoms with Crippen molar-refractivity contribution in [2.24, 2.45) is 7.05 Å². The van der Waals surface area contributed by atoms with Crippen molar-refractivity contribution >= 4 is 11.7 Å². The number of benzene rings is 1. The lowest BCUT2D eigenvalue weighted by Crippen LogP contribution is -2.49. The summed E-state index contributed by atoms with van der Waals surface area (Å²) in [6, 6.07) is 9.55. The number of rotatable bonds is 4. The van der Waals surface area contributed by atoms with E-state index < -0.39 is 12.0 Å². The van der Waals surface area contributed by atoms with Crippen LogP contribution in [-0.2, 0) is 11.8 Å². The molecule has 2 heterocycles. The molecule has 3 rings (SSSR count). The molecule has 116 valence electrons. The van der Waals surface area contributed by atoms with E-state index in [9.17, 15) is 9.90 Å². The zero-order chi connectivity index (χ0) is 15.5. The number of aliphatic carboxylic acids is 1. The molecule has 0 bridgehead atoms. The molecular formula is C16H20N4O2. The average molecular weight is 300 g/mol. The van der Waals surface area contributed by atoms with E-state index in [0.717, 1.165) is 13.1 Å². The third-order valence-electron chi connectivity index (χ3n) is 4.04. The maximum atomic E-state index is 11.7. The predicted molar refractivity (Wildman–Crippen MR) is 83.8 cm³/mol. The number of carboxylic acids is 1. The van der Waals surface area contributed by atoms with Gasteiger partial charge in [0.2, 0.25) is 0 Å². The van der Waals surface area contributed by atoms with E-state index in [1.165, 1.54) is 5.69 Å². The highest BCUT2D eigenvalue weighted by molar-refractivity contribution is 5.74. The maximum Gasteiger partial charge on any atom is 0.327 e. The SMILES string of the molecule is Cn1cnc(C(C(=O)O)N2CCN(c3ccccc3)CC2)c1. The number of hydrogen-bond donors (Lipinski definition) is 1. The molecule has 0 amide bonds. The molecule has 1 N–H and O–H groups in total. The van der Waals surface area contributed by atoms with E-state index in [-0.39, 0.29) is 0 Å². The molecule has 0 saturated carbocycles. The average Bonchev–Trinajstić information content (AvgIpc) is 2.95. The Hall–Kier alpha value is -2.34. The van der Waals surface area contributed by atoms with Gasteiger partial charge in [0.1, 0.15) is 0 Å². The van der Waals surface area contributed by atoms with Crippen molar-refractivity contribution in [1.29, 1.82) is 0 Å². The van der Waals surface area contributed by atoms with Crippen LogP contribution in [0.25, 0.3) is 0 Å². The van der Waals surface area contributed by atoms with E-state index in [4.69, 9.17) is 0 Å². The van der Waals surface area contributed by atoms with E-state index in [1.807, 2.05) is 30.1 Å². The molecule has 6 nitrogen and oxygen atoms in total. The molecule has 1 unspecified atom stereocenters. The number of piperazine rings is 1. The zero-order valence-electron chi connectivity index (χ0n) is 12.6. The van der Waals surface area contributed by atoms with Gasteiger partial charge < -0.3 is 14.6 Å². The van der Waals surface area contributed by atoms with E-state index in [1.54, 1.807) is 17.1 Å². The van der Waals surface area contributed by atoms with Gasteiger partial charge in [-0.3, -0.25) is 9.69 Å². The smallest absolute Gasteiger partial charge is 0.327 e. The fourth-order valence-corrected chi connectivity index (χ4v) is 2.92. The van der Waals surface area contributed by atoms with Gasteiger partial charge in [0.25, 0.3) is 0 Å². The number of carbonyl (C=O) groups is 1. The molecule has 1 aromatic carbocycles. The summed E-state index contributed by atoms with van der Waals surface area (Å²) in [5.41, 5.74) is 1.79. The largest absolute Gasteiger partial charge is 0.480 e. The molecule has 1 aliphatic rings. The van der Waals surface area contributed by atoms with Gasteiger partial charge in [-0.2, -0.15) is 0 Å². The second-order valence-corrected chi connectivity index (χ2v) is 5.56. The third-order valence-corrected chi connectivity index (χ3v) is 4.04. The highest BCUT2D eigenvalue weighted by atomic mass is 16.4. The molecule has 1 atom stereocenters. The second-order valence-electron chi connectivity index (χ2n) is 5.56. The number of nitrogens with zero attached hydrogens (tertiary/aromatic N) is 4. The molecule has 6 heteroatoms. The Morgan fingerprint density at radius 2 is 1.86 bits per heavy atom. The first-order valence-electron chi connectivity index (χ1n) is 7.40. The highest BCUT2D eigenvalue weighted by Gasteiger charge is 2.31. The van der Waals surface area contributed by atoms with Crippen molar-refractivity contribution in [3.8, 4) is 0 Å². The van der Waals surface area contributed by atoms with Gasteiger partial charge in [0, 0.05) is 45.1 Å². The number of aryl methyl sites for hydroxylation is 1. The number of hydrogen-bond acceptors (Lipinski definition) is 4. The standard InChI is InChI=1S/C16H20N4O2/c1-18-11-14(17-12-18)15(16(21)22)20-9-7-19(8-10-20)13-5-3-2-4-6-13/h2-6,11-12,15H,7-10H2,1H3,(H,21,22). The maximum absolute atomic E-state index is 11.7. The Morgan fingerprint density at radius 3 is 2.41 bits per heavy atom. The normalized spacial score (nSPS) is 17.4. The fourth-order valence-electron chi connectivity index (χ4n) is 2.92. The van der Waals surface area contributed by atoms with Crippen LogP contribution in [0.4, 0.5) is 5.69 Å². The number of carboxylic acid groups (broad SMARTS) is 1. The Bertz CT molecular complexity index is 633. The molecule has 1 aliphatic heterocycles. The van der Waals surface area contributed by atoms with Crippen LogP contribution in [0, 0.1) is 0 Å². The summed E-state index contributed by atoms with van der Waals surface area (Å²) in [7, 11) is 1.85. The van der Waals surface area contributed by atoms with E-state index >= 15 is 0 Å². The summed E-state index contributed by atoms with van der Waals surface area (Å²) < 4.78 is 1.78. The summed E-state index contributed by atoms with van der Waals surface area (Å²) in [6.07, 6.45) is 3.42. The highest BCUT2D eigenvalue weighted by Crippen LogP contribution is 2.23. The van der Waals surface area contributed by atoms with Crippen LogP contribution in [0.1, 0.15) is 11.7 Å². The Balaban J connectivity index is 1.70. The van der Waals surface area contributed by atoms with Gasteiger partial charge in [-0.25, -0.2) is 4.98 Å². The number of para-hydroxylation sites is 1. The van der Waals surface area contributed by atoms with Gasteiger partial charge in [-0.1, -0.05) is 18.2 Å². The first kappa shape index (κ1) is 14.6. The predicted octanol–water partition coefficient (Wildman–Crippen LogP) is 1.37. The molecule has 0 radical (unpaired) electrons. The molecule has 1 fully saturated rings. The van der Waals surface area contributed by atoms with Crippen molar-refractivity contribution in [3.63, 3.8) is 0 Å². The van der Waals surface area contributed by atoms with Gasteiger partial charge in [-0.05, 0) is 12.1 Å². The van der Waals surface area contributed by atoms with Crippen molar-refractivity contribution in [2.45, 2.75) is 6.04 Å². The number of aromatic nitrogens is 2. The van der Waals surface area contributed by atoms with Crippen molar-refractivity contribution in [2.75, 3.05) is 31.1 Å². The van der Waals surface area contributed by atoms with Crippen LogP contribution in [0.15, 0.2) is 42.9 Å². The van der Waals surface area contributed by atoms with Crippen LogP contribution in [0.5, 0.6) is 0 Å². The molecule has 1 aromatic heterocycles. The third kappa shape index (κ3) is 2.96. The van der Waals surface area contributed by atoms with Gasteiger partial charge >= 0.3 is 5.97 Å². The molecule has 1 saturated heterocycles. The van der Waals surface area contributed by atoms with E-state index in [0.29, 0.717) is 18.8 Å². The van der Waals surface area contributed by atoms with Crippen LogP contribution in [0.2, 0.25) is 0 Å². The van der Waals surface area contributed by atoms with Crippen LogP contribution < -0.4 is 4.90 Å². The van der Waals surface area contributed by atoms with Gasteiger partial charge in [-0.15, -0.1) is 0 Å². The quantitative estimate of drug-likeness (QED) is 0.924. The molecule has 2 aromatic rings. The number of imidazole rings is 1. The monoisotopic (exact) mass is 300 g/mol. The molecule has 0 aliphatic carbocycles. The number of anilines is 1. The molecule has 22 heavy (non-hydrogen) atoms. The minimum atomic E-state index is -0.841. The Kier molecular flexibility index (Phi) is 4.11. The summed E-state index contributed by atoms with van der Waals surface area (Å²) in [6.45, 7) is 3.06. The first-order valence-corrected chi connectivity index (χ1v) is 7.40. The molecular weight excluding hydrogens is 280 g/mol. The Labute approximate surface area is 129 Å². The van der Waals surface area contributed by atoms with Crippen LogP contribution in [0.3, 0.4) is 0 Å². The Morgan fingerprint density at radius 1 is 1.18 bits per heavy atom. The summed E-state index contributed by atoms with van der Waals surface area (Å²) in [5, 5.41) is 9.57. The summed E-state index contributed by atoms with van der Waals surface area (Å²) in [4.78, 5) is 20.1. The minimum Gasteiger partial charge on any atom is -0.480 e. The lowest BCUT2D eigenvalue weighted by atomic mass is 10.1. The topological polar surface area (TPSA) is 61.6 Å². The lowest BCUT2D eigenvalue weighted by Gasteiger charge is -2.38. The van der Waals surface area contributed by atoms with Gasteiger partial charge in [0.05, 0.1) is 12.0 Å². The van der Waals surface area contributed by atoms with Crippen LogP contribution >= 0.6 is 0 Å². The summed E-state index contributed by atoms with van der Waals surface area (Å²) >= 11 is 0. The second kappa shape index (κ2) is 6.19. The van der Waals surface area contributed by atoms with Crippen molar-refractivity contribution < 1.29 is 9.90 Å². The zero-order valence-corrected chi connectivity index (χ0v) is 12.6.